The van der Waals surface area contributed by atoms with Crippen molar-refractivity contribution < 1.29 is 4.42 Å². The molecule has 2 atom stereocenters. The second kappa shape index (κ2) is 4.35. The van der Waals surface area contributed by atoms with Crippen molar-refractivity contribution in [3.8, 4) is 0 Å². The lowest BCUT2D eigenvalue weighted by molar-refractivity contribution is 0.245. The van der Waals surface area contributed by atoms with Gasteiger partial charge in [-0.1, -0.05) is 27.7 Å². The minimum absolute atomic E-state index is 0.122. The lowest BCUT2D eigenvalue weighted by Gasteiger charge is -2.26. The van der Waals surface area contributed by atoms with Gasteiger partial charge < -0.3 is 10.2 Å². The Labute approximate surface area is 92.1 Å². The highest BCUT2D eigenvalue weighted by molar-refractivity contribution is 4.98. The van der Waals surface area contributed by atoms with Gasteiger partial charge in [0.15, 0.2) is 0 Å². The summed E-state index contributed by atoms with van der Waals surface area (Å²) < 4.78 is 5.57. The van der Waals surface area contributed by atoms with Crippen molar-refractivity contribution in [2.45, 2.75) is 47.1 Å². The summed E-state index contributed by atoms with van der Waals surface area (Å²) in [5.41, 5.74) is 5.98. The van der Waals surface area contributed by atoms with Crippen LogP contribution in [0.3, 0.4) is 0 Å². The van der Waals surface area contributed by atoms with Crippen molar-refractivity contribution in [1.82, 2.24) is 4.98 Å². The Hall–Kier alpha value is -0.830. The molecule has 15 heavy (non-hydrogen) atoms. The molecule has 0 aliphatic rings. The zero-order valence-corrected chi connectivity index (χ0v) is 10.4. The van der Waals surface area contributed by atoms with Crippen molar-refractivity contribution in [2.24, 2.45) is 17.1 Å². The fraction of sp³-hybridized carbons (Fsp3) is 0.750. The number of hydrogen-bond acceptors (Lipinski definition) is 3. The third kappa shape index (κ3) is 3.34. The fourth-order valence-electron chi connectivity index (χ4n) is 1.24. The Bertz CT molecular complexity index is 310. The molecule has 1 aromatic rings. The quantitative estimate of drug-likeness (QED) is 0.834. The van der Waals surface area contributed by atoms with Crippen molar-refractivity contribution in [3.63, 3.8) is 0 Å². The molecular formula is C12H22N2O. The van der Waals surface area contributed by atoms with E-state index in [1.54, 1.807) is 6.20 Å². The van der Waals surface area contributed by atoms with E-state index in [1.165, 1.54) is 0 Å². The molecule has 0 aromatic carbocycles. The minimum Gasteiger partial charge on any atom is -0.444 e. The summed E-state index contributed by atoms with van der Waals surface area (Å²) in [4.78, 5) is 4.16. The lowest BCUT2D eigenvalue weighted by Crippen LogP contribution is -2.19. The highest BCUT2D eigenvalue weighted by atomic mass is 16.4. The molecule has 2 N–H and O–H groups in total. The Kier molecular flexibility index (Phi) is 3.55. The summed E-state index contributed by atoms with van der Waals surface area (Å²) in [6, 6.07) is -0.122. The molecule has 0 spiro atoms. The molecule has 1 heterocycles. The second-order valence-electron chi connectivity index (χ2n) is 5.42. The van der Waals surface area contributed by atoms with Crippen LogP contribution in [0.2, 0.25) is 0 Å². The number of nitrogens with two attached hydrogens (primary N) is 1. The molecule has 0 saturated heterocycles. The predicted molar refractivity (Wildman–Crippen MR) is 61.4 cm³/mol. The summed E-state index contributed by atoms with van der Waals surface area (Å²) in [6.07, 6.45) is 2.71. The van der Waals surface area contributed by atoms with E-state index in [-0.39, 0.29) is 6.04 Å². The van der Waals surface area contributed by atoms with Gasteiger partial charge in [0.1, 0.15) is 5.76 Å². The van der Waals surface area contributed by atoms with Gasteiger partial charge in [0.25, 0.3) is 0 Å². The first-order chi connectivity index (χ1) is 6.80. The molecule has 3 heteroatoms. The molecule has 0 aliphatic carbocycles. The van der Waals surface area contributed by atoms with Crippen LogP contribution < -0.4 is 5.73 Å². The average Bonchev–Trinajstić information content (AvgIpc) is 2.50. The average molecular weight is 210 g/mol. The Morgan fingerprint density at radius 3 is 2.40 bits per heavy atom. The summed E-state index contributed by atoms with van der Waals surface area (Å²) in [7, 11) is 0. The summed E-state index contributed by atoms with van der Waals surface area (Å²) in [5, 5.41) is 0. The van der Waals surface area contributed by atoms with Crippen LogP contribution in [0.5, 0.6) is 0 Å². The molecule has 86 valence electrons. The molecule has 0 amide bonds. The minimum atomic E-state index is -0.122. The van der Waals surface area contributed by atoms with Crippen LogP contribution in [0.15, 0.2) is 10.6 Å². The molecule has 0 saturated carbocycles. The van der Waals surface area contributed by atoms with E-state index in [0.717, 1.165) is 12.2 Å². The molecule has 0 bridgehead atoms. The Morgan fingerprint density at radius 2 is 2.00 bits per heavy atom. The number of aromatic nitrogens is 1. The van der Waals surface area contributed by atoms with Gasteiger partial charge in [-0.05, 0) is 18.3 Å². The molecule has 1 rings (SSSR count). The maximum Gasteiger partial charge on any atom is 0.210 e. The van der Waals surface area contributed by atoms with Crippen molar-refractivity contribution >= 4 is 0 Å². The molecule has 2 unspecified atom stereocenters. The first-order valence-corrected chi connectivity index (χ1v) is 5.51. The largest absolute Gasteiger partial charge is 0.444 e. The normalized spacial score (nSPS) is 16.4. The lowest BCUT2D eigenvalue weighted by atomic mass is 9.80. The smallest absolute Gasteiger partial charge is 0.210 e. The molecule has 0 radical (unpaired) electrons. The Morgan fingerprint density at radius 1 is 1.40 bits per heavy atom. The number of nitrogens with zero attached hydrogens (tertiary/aromatic N) is 1. The monoisotopic (exact) mass is 210 g/mol. The topological polar surface area (TPSA) is 52.0 Å². The highest BCUT2D eigenvalue weighted by Crippen LogP contribution is 2.28. The number of oxazole rings is 1. The Balaban J connectivity index is 2.65. The van der Waals surface area contributed by atoms with E-state index in [1.807, 2.05) is 6.92 Å². The second-order valence-corrected chi connectivity index (χ2v) is 5.42. The van der Waals surface area contributed by atoms with Crippen molar-refractivity contribution in [1.29, 1.82) is 0 Å². The van der Waals surface area contributed by atoms with E-state index >= 15 is 0 Å². The summed E-state index contributed by atoms with van der Waals surface area (Å²) in [6.45, 7) is 10.8. The van der Waals surface area contributed by atoms with Crippen molar-refractivity contribution in [2.75, 3.05) is 0 Å². The van der Waals surface area contributed by atoms with Crippen LogP contribution in [0, 0.1) is 11.3 Å². The van der Waals surface area contributed by atoms with Gasteiger partial charge in [-0.2, -0.15) is 0 Å². The van der Waals surface area contributed by atoms with Crippen LogP contribution in [0.1, 0.15) is 52.3 Å². The third-order valence-electron chi connectivity index (χ3n) is 2.95. The molecule has 1 aromatic heterocycles. The predicted octanol–water partition coefficient (Wildman–Crippen LogP) is 2.92. The zero-order chi connectivity index (χ0) is 11.6. The fourth-order valence-corrected chi connectivity index (χ4v) is 1.24. The number of hydrogen-bond donors (Lipinski definition) is 1. The van der Waals surface area contributed by atoms with Gasteiger partial charge in [-0.3, -0.25) is 0 Å². The van der Waals surface area contributed by atoms with E-state index in [0.29, 0.717) is 17.2 Å². The van der Waals surface area contributed by atoms with Gasteiger partial charge >= 0.3 is 0 Å². The maximum atomic E-state index is 5.69. The van der Waals surface area contributed by atoms with Crippen LogP contribution in [0.25, 0.3) is 0 Å². The van der Waals surface area contributed by atoms with Gasteiger partial charge in [-0.25, -0.2) is 4.98 Å². The first kappa shape index (κ1) is 12.2. The zero-order valence-electron chi connectivity index (χ0n) is 10.4. The van der Waals surface area contributed by atoms with Crippen LogP contribution in [0.4, 0.5) is 0 Å². The van der Waals surface area contributed by atoms with Crippen LogP contribution in [-0.4, -0.2) is 4.98 Å². The highest BCUT2D eigenvalue weighted by Gasteiger charge is 2.22. The van der Waals surface area contributed by atoms with Gasteiger partial charge in [0.05, 0.1) is 12.2 Å². The first-order valence-electron chi connectivity index (χ1n) is 5.51. The van der Waals surface area contributed by atoms with Gasteiger partial charge in [0, 0.05) is 6.42 Å². The SMILES string of the molecule is CC(N)c1ncc(CC(C)C(C)(C)C)o1. The summed E-state index contributed by atoms with van der Waals surface area (Å²) in [5.74, 6) is 2.13. The number of rotatable bonds is 3. The summed E-state index contributed by atoms with van der Waals surface area (Å²) >= 11 is 0. The van der Waals surface area contributed by atoms with Crippen LogP contribution in [-0.2, 0) is 6.42 Å². The van der Waals surface area contributed by atoms with Crippen LogP contribution >= 0.6 is 0 Å². The maximum absolute atomic E-state index is 5.69. The van der Waals surface area contributed by atoms with E-state index in [4.69, 9.17) is 10.2 Å². The van der Waals surface area contributed by atoms with Gasteiger partial charge in [0.2, 0.25) is 5.89 Å². The van der Waals surface area contributed by atoms with E-state index in [9.17, 15) is 0 Å². The third-order valence-corrected chi connectivity index (χ3v) is 2.95. The van der Waals surface area contributed by atoms with E-state index < -0.39 is 0 Å². The van der Waals surface area contributed by atoms with Gasteiger partial charge in [-0.15, -0.1) is 0 Å². The van der Waals surface area contributed by atoms with Crippen molar-refractivity contribution in [3.05, 3.63) is 17.8 Å². The van der Waals surface area contributed by atoms with E-state index in [2.05, 4.69) is 32.7 Å². The molecule has 3 nitrogen and oxygen atoms in total. The standard InChI is InChI=1S/C12H22N2O/c1-8(12(3,4)5)6-10-7-14-11(15-10)9(2)13/h7-9H,6,13H2,1-5H3. The molecular weight excluding hydrogens is 188 g/mol. The molecule has 0 fully saturated rings. The molecule has 0 aliphatic heterocycles.